The maximum absolute atomic E-state index is 12.1. The van der Waals surface area contributed by atoms with Crippen molar-refractivity contribution in [1.29, 1.82) is 0 Å². The molecule has 1 aromatic rings. The number of aliphatic carboxylic acids is 1. The predicted octanol–water partition coefficient (Wildman–Crippen LogP) is 1.22. The van der Waals surface area contributed by atoms with Crippen LogP contribution in [0, 0.1) is 0 Å². The molecule has 1 aromatic heterocycles. The van der Waals surface area contributed by atoms with Crippen molar-refractivity contribution in [2.24, 2.45) is 0 Å². The van der Waals surface area contributed by atoms with Crippen molar-refractivity contribution in [1.82, 2.24) is 9.88 Å². The van der Waals surface area contributed by atoms with Gasteiger partial charge in [-0.2, -0.15) is 0 Å². The Kier molecular flexibility index (Phi) is 5.24. The van der Waals surface area contributed by atoms with Gasteiger partial charge in [-0.3, -0.25) is 9.59 Å². The van der Waals surface area contributed by atoms with E-state index in [1.165, 1.54) is 16.2 Å². The van der Waals surface area contributed by atoms with Gasteiger partial charge in [-0.15, -0.1) is 11.3 Å². The van der Waals surface area contributed by atoms with E-state index in [-0.39, 0.29) is 24.2 Å². The van der Waals surface area contributed by atoms with Gasteiger partial charge in [0.25, 0.3) is 5.91 Å². The summed E-state index contributed by atoms with van der Waals surface area (Å²) in [5, 5.41) is 11.1. The van der Waals surface area contributed by atoms with Crippen LogP contribution >= 0.6 is 11.3 Å². The van der Waals surface area contributed by atoms with Gasteiger partial charge in [-0.05, 0) is 13.8 Å². The van der Waals surface area contributed by atoms with Crippen LogP contribution < -0.4 is 0 Å². The van der Waals surface area contributed by atoms with Gasteiger partial charge in [0, 0.05) is 18.5 Å². The standard InChI is InChI=1S/C11H16N2O4S/c1-7(2)13(4-10(14)15)11(16)8-6-18-9(12-8)5-17-3/h6-7H,4-5H2,1-3H3,(H,14,15). The molecule has 1 amide bonds. The quantitative estimate of drug-likeness (QED) is 0.842. The Morgan fingerprint density at radius 1 is 1.56 bits per heavy atom. The van der Waals surface area contributed by atoms with E-state index in [1.54, 1.807) is 26.3 Å². The molecular weight excluding hydrogens is 256 g/mol. The third-order valence-electron chi connectivity index (χ3n) is 2.23. The van der Waals surface area contributed by atoms with E-state index in [0.29, 0.717) is 11.6 Å². The van der Waals surface area contributed by atoms with Gasteiger partial charge >= 0.3 is 5.97 Å². The molecule has 0 aliphatic rings. The largest absolute Gasteiger partial charge is 0.480 e. The maximum Gasteiger partial charge on any atom is 0.323 e. The van der Waals surface area contributed by atoms with Crippen LogP contribution in [0.4, 0.5) is 0 Å². The Hall–Kier alpha value is -1.47. The number of carbonyl (C=O) groups excluding carboxylic acids is 1. The van der Waals surface area contributed by atoms with Crippen molar-refractivity contribution in [3.63, 3.8) is 0 Å². The number of methoxy groups -OCH3 is 1. The highest BCUT2D eigenvalue weighted by atomic mass is 32.1. The number of hydrogen-bond acceptors (Lipinski definition) is 5. The lowest BCUT2D eigenvalue weighted by molar-refractivity contribution is -0.138. The molecule has 1 rings (SSSR count). The minimum atomic E-state index is -1.04. The SMILES string of the molecule is COCc1nc(C(=O)N(CC(=O)O)C(C)C)cs1. The first-order valence-corrected chi connectivity index (χ1v) is 6.29. The first kappa shape index (κ1) is 14.6. The highest BCUT2D eigenvalue weighted by Crippen LogP contribution is 2.14. The molecule has 0 aliphatic carbocycles. The van der Waals surface area contributed by atoms with E-state index in [0.717, 1.165) is 0 Å². The zero-order chi connectivity index (χ0) is 13.7. The Morgan fingerprint density at radius 3 is 2.72 bits per heavy atom. The average molecular weight is 272 g/mol. The maximum atomic E-state index is 12.1. The number of ether oxygens (including phenoxy) is 1. The molecule has 100 valence electrons. The molecule has 0 aromatic carbocycles. The second kappa shape index (κ2) is 6.46. The summed E-state index contributed by atoms with van der Waals surface area (Å²) in [6.45, 7) is 3.55. The fourth-order valence-corrected chi connectivity index (χ4v) is 2.12. The van der Waals surface area contributed by atoms with Gasteiger partial charge in [0.15, 0.2) is 0 Å². The van der Waals surface area contributed by atoms with Crippen molar-refractivity contribution in [3.8, 4) is 0 Å². The summed E-state index contributed by atoms with van der Waals surface area (Å²) in [6, 6.07) is -0.193. The van der Waals surface area contributed by atoms with Gasteiger partial charge in [-0.25, -0.2) is 4.98 Å². The number of hydrogen-bond donors (Lipinski definition) is 1. The van der Waals surface area contributed by atoms with Gasteiger partial charge in [0.05, 0.1) is 6.61 Å². The van der Waals surface area contributed by atoms with E-state index in [1.807, 2.05) is 0 Å². The van der Waals surface area contributed by atoms with E-state index >= 15 is 0 Å². The number of rotatable bonds is 6. The lowest BCUT2D eigenvalue weighted by Gasteiger charge is -2.23. The van der Waals surface area contributed by atoms with Gasteiger partial charge < -0.3 is 14.7 Å². The Bertz CT molecular complexity index is 430. The molecule has 0 aliphatic heterocycles. The summed E-state index contributed by atoms with van der Waals surface area (Å²) in [4.78, 5) is 28.2. The molecule has 0 saturated heterocycles. The van der Waals surface area contributed by atoms with Gasteiger partial charge in [0.1, 0.15) is 17.2 Å². The Balaban J connectivity index is 2.84. The molecular formula is C11H16N2O4S. The number of carboxylic acids is 1. The lowest BCUT2D eigenvalue weighted by Crippen LogP contribution is -2.40. The zero-order valence-corrected chi connectivity index (χ0v) is 11.4. The van der Waals surface area contributed by atoms with Crippen LogP contribution in [0.5, 0.6) is 0 Å². The zero-order valence-electron chi connectivity index (χ0n) is 10.5. The number of carbonyl (C=O) groups is 2. The topological polar surface area (TPSA) is 79.7 Å². The fourth-order valence-electron chi connectivity index (χ4n) is 1.38. The second-order valence-corrected chi connectivity index (χ2v) is 4.92. The van der Waals surface area contributed by atoms with Crippen LogP contribution in [0.1, 0.15) is 29.3 Å². The van der Waals surface area contributed by atoms with E-state index in [9.17, 15) is 9.59 Å². The number of thiazole rings is 1. The van der Waals surface area contributed by atoms with Gasteiger partial charge in [0.2, 0.25) is 0 Å². The number of amides is 1. The van der Waals surface area contributed by atoms with Crippen molar-refractivity contribution >= 4 is 23.2 Å². The monoisotopic (exact) mass is 272 g/mol. The minimum absolute atomic E-state index is 0.193. The third kappa shape index (κ3) is 3.78. The number of aromatic nitrogens is 1. The molecule has 18 heavy (non-hydrogen) atoms. The number of carboxylic acid groups (broad SMARTS) is 1. The van der Waals surface area contributed by atoms with Crippen molar-refractivity contribution < 1.29 is 19.4 Å². The first-order valence-electron chi connectivity index (χ1n) is 5.41. The first-order chi connectivity index (χ1) is 8.45. The average Bonchev–Trinajstić information content (AvgIpc) is 2.73. The van der Waals surface area contributed by atoms with E-state index in [4.69, 9.17) is 9.84 Å². The summed E-state index contributed by atoms with van der Waals surface area (Å²) in [6.07, 6.45) is 0. The van der Waals surface area contributed by atoms with Crippen LogP contribution in [0.3, 0.4) is 0 Å². The van der Waals surface area contributed by atoms with E-state index in [2.05, 4.69) is 4.98 Å². The van der Waals surface area contributed by atoms with Crippen LogP contribution in [0.25, 0.3) is 0 Å². The highest BCUT2D eigenvalue weighted by Gasteiger charge is 2.23. The van der Waals surface area contributed by atoms with Crippen LogP contribution in [-0.2, 0) is 16.1 Å². The molecule has 0 saturated carbocycles. The Labute approximate surface area is 109 Å². The molecule has 0 radical (unpaired) electrons. The van der Waals surface area contributed by atoms with Crippen molar-refractivity contribution in [2.45, 2.75) is 26.5 Å². The van der Waals surface area contributed by atoms with Crippen LogP contribution in [-0.4, -0.2) is 46.6 Å². The molecule has 0 fully saturated rings. The van der Waals surface area contributed by atoms with Crippen LogP contribution in [0.2, 0.25) is 0 Å². The summed E-state index contributed by atoms with van der Waals surface area (Å²) >= 11 is 1.32. The van der Waals surface area contributed by atoms with E-state index < -0.39 is 5.97 Å². The van der Waals surface area contributed by atoms with Gasteiger partial charge in [-0.1, -0.05) is 0 Å². The highest BCUT2D eigenvalue weighted by molar-refractivity contribution is 7.09. The molecule has 1 heterocycles. The smallest absolute Gasteiger partial charge is 0.323 e. The molecule has 0 atom stereocenters. The fraction of sp³-hybridized carbons (Fsp3) is 0.545. The molecule has 7 heteroatoms. The lowest BCUT2D eigenvalue weighted by atomic mass is 10.3. The van der Waals surface area contributed by atoms with Crippen LogP contribution in [0.15, 0.2) is 5.38 Å². The molecule has 6 nitrogen and oxygen atoms in total. The Morgan fingerprint density at radius 2 is 2.22 bits per heavy atom. The molecule has 0 spiro atoms. The normalized spacial score (nSPS) is 10.7. The summed E-state index contributed by atoms with van der Waals surface area (Å²) in [5.74, 6) is -1.41. The summed E-state index contributed by atoms with van der Waals surface area (Å²) in [7, 11) is 1.55. The molecule has 0 unspecified atom stereocenters. The predicted molar refractivity (Wildman–Crippen MR) is 66.6 cm³/mol. The number of nitrogens with zero attached hydrogens (tertiary/aromatic N) is 2. The molecule has 1 N–H and O–H groups in total. The molecule has 0 bridgehead atoms. The third-order valence-corrected chi connectivity index (χ3v) is 3.05. The van der Waals surface area contributed by atoms with Crippen molar-refractivity contribution in [3.05, 3.63) is 16.1 Å². The minimum Gasteiger partial charge on any atom is -0.480 e. The summed E-state index contributed by atoms with van der Waals surface area (Å²) in [5.41, 5.74) is 0.266. The second-order valence-electron chi connectivity index (χ2n) is 3.98. The summed E-state index contributed by atoms with van der Waals surface area (Å²) < 4.78 is 4.92. The van der Waals surface area contributed by atoms with Crippen molar-refractivity contribution in [2.75, 3.05) is 13.7 Å².